The van der Waals surface area contributed by atoms with Gasteiger partial charge in [-0.1, -0.05) is 0 Å². The number of halogens is 1. The molecule has 1 aliphatic rings. The van der Waals surface area contributed by atoms with Crippen molar-refractivity contribution in [2.45, 2.75) is 31.4 Å². The van der Waals surface area contributed by atoms with E-state index in [4.69, 9.17) is 0 Å². The van der Waals surface area contributed by atoms with Crippen LogP contribution in [0.4, 0.5) is 4.39 Å². The summed E-state index contributed by atoms with van der Waals surface area (Å²) in [6.07, 6.45) is 1.91. The third-order valence-corrected chi connectivity index (χ3v) is 2.57. The Balaban J connectivity index is 2.55. The topological polar surface area (TPSA) is 43.4 Å². The highest BCUT2D eigenvalue weighted by atomic mass is 19.1. The molecule has 0 heterocycles. The summed E-state index contributed by atoms with van der Waals surface area (Å²) in [5.41, 5.74) is -1.85. The van der Waals surface area contributed by atoms with E-state index < -0.39 is 11.6 Å². The predicted octanol–water partition coefficient (Wildman–Crippen LogP) is 1.26. The Morgan fingerprint density at radius 1 is 1.54 bits per heavy atom. The van der Waals surface area contributed by atoms with Crippen LogP contribution in [0.25, 0.3) is 0 Å². The highest BCUT2D eigenvalue weighted by Gasteiger charge is 2.43. The number of carbonyl (C=O) groups is 2. The van der Waals surface area contributed by atoms with Crippen molar-refractivity contribution in [2.24, 2.45) is 5.92 Å². The Hall–Kier alpha value is -0.930. The van der Waals surface area contributed by atoms with Crippen molar-refractivity contribution in [3.63, 3.8) is 0 Å². The molecule has 0 aliphatic heterocycles. The van der Waals surface area contributed by atoms with Crippen molar-refractivity contribution in [1.82, 2.24) is 0 Å². The third-order valence-electron chi connectivity index (χ3n) is 2.57. The van der Waals surface area contributed by atoms with Crippen molar-refractivity contribution >= 4 is 12.3 Å². The maximum Gasteiger partial charge on any atom is 0.343 e. The Morgan fingerprint density at radius 3 is 2.46 bits per heavy atom. The first-order chi connectivity index (χ1) is 6.12. The first kappa shape index (κ1) is 10.2. The quantitative estimate of drug-likeness (QED) is 0.484. The first-order valence-electron chi connectivity index (χ1n) is 4.35. The standard InChI is InChI=1S/C9H13FO3/c1-13-8(12)9(10)4-2-7(6-11)3-5-9/h6-7H,2-5H2,1H3. The van der Waals surface area contributed by atoms with E-state index in [0.717, 1.165) is 6.29 Å². The van der Waals surface area contributed by atoms with Crippen LogP contribution in [0.5, 0.6) is 0 Å². The van der Waals surface area contributed by atoms with Crippen LogP contribution in [0, 0.1) is 5.92 Å². The summed E-state index contributed by atoms with van der Waals surface area (Å²) in [5.74, 6) is -0.898. The van der Waals surface area contributed by atoms with Crippen LogP contribution in [0.1, 0.15) is 25.7 Å². The van der Waals surface area contributed by atoms with Crippen LogP contribution < -0.4 is 0 Å². The Bertz CT molecular complexity index is 207. The number of methoxy groups -OCH3 is 1. The van der Waals surface area contributed by atoms with Crippen molar-refractivity contribution in [3.8, 4) is 0 Å². The van der Waals surface area contributed by atoms with Crippen molar-refractivity contribution in [3.05, 3.63) is 0 Å². The zero-order chi connectivity index (χ0) is 9.90. The molecule has 0 aromatic rings. The molecule has 0 radical (unpaired) electrons. The van der Waals surface area contributed by atoms with E-state index in [0.29, 0.717) is 12.8 Å². The van der Waals surface area contributed by atoms with Crippen LogP contribution in [0.3, 0.4) is 0 Å². The molecule has 74 valence electrons. The van der Waals surface area contributed by atoms with Gasteiger partial charge in [0.25, 0.3) is 0 Å². The number of aldehydes is 1. The Morgan fingerprint density at radius 2 is 2.08 bits per heavy atom. The lowest BCUT2D eigenvalue weighted by atomic mass is 9.80. The lowest BCUT2D eigenvalue weighted by molar-refractivity contribution is -0.158. The van der Waals surface area contributed by atoms with Crippen molar-refractivity contribution in [1.29, 1.82) is 0 Å². The predicted molar refractivity (Wildman–Crippen MR) is 43.9 cm³/mol. The van der Waals surface area contributed by atoms with Gasteiger partial charge in [0.1, 0.15) is 6.29 Å². The molecule has 0 saturated heterocycles. The molecular weight excluding hydrogens is 175 g/mol. The van der Waals surface area contributed by atoms with E-state index in [1.54, 1.807) is 0 Å². The maximum atomic E-state index is 13.7. The van der Waals surface area contributed by atoms with Gasteiger partial charge < -0.3 is 9.53 Å². The van der Waals surface area contributed by atoms with Crippen LogP contribution in [-0.2, 0) is 14.3 Å². The number of alkyl halides is 1. The van der Waals surface area contributed by atoms with Gasteiger partial charge in [0.15, 0.2) is 0 Å². The zero-order valence-electron chi connectivity index (χ0n) is 7.59. The first-order valence-corrected chi connectivity index (χ1v) is 4.35. The number of hydrogen-bond donors (Lipinski definition) is 0. The fourth-order valence-corrected chi connectivity index (χ4v) is 1.62. The van der Waals surface area contributed by atoms with Crippen molar-refractivity contribution in [2.75, 3.05) is 7.11 Å². The SMILES string of the molecule is COC(=O)C1(F)CCC(C=O)CC1. The summed E-state index contributed by atoms with van der Waals surface area (Å²) in [7, 11) is 1.18. The highest BCUT2D eigenvalue weighted by molar-refractivity contribution is 5.79. The minimum atomic E-state index is -1.85. The molecule has 1 aliphatic carbocycles. The monoisotopic (exact) mass is 188 g/mol. The summed E-state index contributed by atoms with van der Waals surface area (Å²) in [6.45, 7) is 0. The molecule has 0 atom stereocenters. The van der Waals surface area contributed by atoms with Crippen LogP contribution >= 0.6 is 0 Å². The Labute approximate surface area is 76.3 Å². The van der Waals surface area contributed by atoms with E-state index in [-0.39, 0.29) is 18.8 Å². The van der Waals surface area contributed by atoms with Gasteiger partial charge in [0.05, 0.1) is 7.11 Å². The molecule has 1 rings (SSSR count). The zero-order valence-corrected chi connectivity index (χ0v) is 7.59. The van der Waals surface area contributed by atoms with E-state index in [1.165, 1.54) is 7.11 Å². The molecule has 0 N–H and O–H groups in total. The molecule has 0 spiro atoms. The lowest BCUT2D eigenvalue weighted by Crippen LogP contribution is -2.39. The second-order valence-corrected chi connectivity index (χ2v) is 3.43. The molecule has 0 aromatic heterocycles. The van der Waals surface area contributed by atoms with E-state index in [1.807, 2.05) is 0 Å². The van der Waals surface area contributed by atoms with Gasteiger partial charge in [-0.3, -0.25) is 0 Å². The molecule has 0 aromatic carbocycles. The van der Waals surface area contributed by atoms with Gasteiger partial charge in [-0.05, 0) is 25.7 Å². The average Bonchev–Trinajstić information content (AvgIpc) is 2.18. The van der Waals surface area contributed by atoms with Gasteiger partial charge >= 0.3 is 5.97 Å². The normalized spacial score (nSPS) is 33.8. The van der Waals surface area contributed by atoms with Gasteiger partial charge in [-0.15, -0.1) is 0 Å². The number of rotatable bonds is 2. The van der Waals surface area contributed by atoms with Gasteiger partial charge in [-0.25, -0.2) is 9.18 Å². The molecular formula is C9H13FO3. The van der Waals surface area contributed by atoms with Crippen LogP contribution in [0.2, 0.25) is 0 Å². The maximum absolute atomic E-state index is 13.7. The van der Waals surface area contributed by atoms with Gasteiger partial charge in [-0.2, -0.15) is 0 Å². The summed E-state index contributed by atoms with van der Waals surface area (Å²) in [5, 5.41) is 0. The lowest BCUT2D eigenvalue weighted by Gasteiger charge is -2.29. The number of ether oxygens (including phenoxy) is 1. The fraction of sp³-hybridized carbons (Fsp3) is 0.778. The van der Waals surface area contributed by atoms with E-state index >= 15 is 0 Å². The largest absolute Gasteiger partial charge is 0.467 e. The second-order valence-electron chi connectivity index (χ2n) is 3.43. The van der Waals surface area contributed by atoms with Gasteiger partial charge in [0.2, 0.25) is 5.67 Å². The van der Waals surface area contributed by atoms with Crippen LogP contribution in [-0.4, -0.2) is 25.0 Å². The smallest absolute Gasteiger partial charge is 0.343 e. The summed E-state index contributed by atoms with van der Waals surface area (Å²) >= 11 is 0. The molecule has 0 unspecified atom stereocenters. The molecule has 4 heteroatoms. The summed E-state index contributed by atoms with van der Waals surface area (Å²) in [4.78, 5) is 21.4. The number of esters is 1. The second kappa shape index (κ2) is 3.85. The van der Waals surface area contributed by atoms with Gasteiger partial charge in [0, 0.05) is 5.92 Å². The van der Waals surface area contributed by atoms with E-state index in [9.17, 15) is 14.0 Å². The van der Waals surface area contributed by atoms with E-state index in [2.05, 4.69) is 4.74 Å². The number of carbonyl (C=O) groups excluding carboxylic acids is 2. The molecule has 1 saturated carbocycles. The minimum absolute atomic E-state index is 0.0893. The minimum Gasteiger partial charge on any atom is -0.467 e. The third kappa shape index (κ3) is 2.05. The highest BCUT2D eigenvalue weighted by Crippen LogP contribution is 2.35. The fourth-order valence-electron chi connectivity index (χ4n) is 1.62. The summed E-state index contributed by atoms with van der Waals surface area (Å²) < 4.78 is 18.0. The molecule has 1 fully saturated rings. The number of hydrogen-bond acceptors (Lipinski definition) is 3. The summed E-state index contributed by atoms with van der Waals surface area (Å²) in [6, 6.07) is 0. The molecule has 0 amide bonds. The average molecular weight is 188 g/mol. The van der Waals surface area contributed by atoms with Crippen LogP contribution in [0.15, 0.2) is 0 Å². The molecule has 0 bridgehead atoms. The van der Waals surface area contributed by atoms with Crippen molar-refractivity contribution < 1.29 is 18.7 Å². The molecule has 3 nitrogen and oxygen atoms in total. The molecule has 13 heavy (non-hydrogen) atoms. The Kier molecular flexibility index (Phi) is 3.01.